The normalized spacial score (nSPS) is 25.6. The lowest BCUT2D eigenvalue weighted by molar-refractivity contribution is 0.220. The molecule has 1 aliphatic rings. The first kappa shape index (κ1) is 11.6. The lowest BCUT2D eigenvalue weighted by atomic mass is 9.76. The topological polar surface area (TPSA) is 38.9 Å². The minimum atomic E-state index is 0.279. The average Bonchev–Trinajstić information content (AvgIpc) is 2.59. The first-order chi connectivity index (χ1) is 7.59. The molecule has 1 aromatic rings. The van der Waals surface area contributed by atoms with Crippen LogP contribution in [0.15, 0.2) is 24.5 Å². The van der Waals surface area contributed by atoms with Gasteiger partial charge in [0.2, 0.25) is 0 Å². The third-order valence-corrected chi connectivity index (χ3v) is 4.05. The quantitative estimate of drug-likeness (QED) is 0.847. The number of rotatable bonds is 3. The Kier molecular flexibility index (Phi) is 3.29. The lowest BCUT2D eigenvalue weighted by Crippen LogP contribution is -2.38. The van der Waals surface area contributed by atoms with Crippen molar-refractivity contribution in [1.29, 1.82) is 0 Å². The number of hydrogen-bond donors (Lipinski definition) is 1. The van der Waals surface area contributed by atoms with E-state index in [4.69, 9.17) is 5.73 Å². The van der Waals surface area contributed by atoms with Crippen LogP contribution in [0.5, 0.6) is 0 Å². The fourth-order valence-electron chi connectivity index (χ4n) is 3.08. The molecule has 2 rings (SSSR count). The van der Waals surface area contributed by atoms with Gasteiger partial charge in [0.15, 0.2) is 0 Å². The Balaban J connectivity index is 2.01. The van der Waals surface area contributed by atoms with Crippen LogP contribution in [-0.4, -0.2) is 11.0 Å². The van der Waals surface area contributed by atoms with E-state index in [1.54, 1.807) is 0 Å². The fourth-order valence-corrected chi connectivity index (χ4v) is 3.08. The summed E-state index contributed by atoms with van der Waals surface area (Å²) in [5, 5.41) is 0. The number of nitrogens with two attached hydrogens (primary N) is 1. The molecule has 0 saturated heterocycles. The summed E-state index contributed by atoms with van der Waals surface area (Å²) in [5.41, 5.74) is 8.04. The van der Waals surface area contributed by atoms with Crippen molar-refractivity contribution >= 4 is 0 Å². The van der Waals surface area contributed by atoms with Crippen LogP contribution in [0.2, 0.25) is 0 Å². The smallest absolute Gasteiger partial charge is 0.0300 e. The van der Waals surface area contributed by atoms with Crippen molar-refractivity contribution in [2.75, 3.05) is 0 Å². The minimum absolute atomic E-state index is 0.279. The molecule has 0 aromatic carbocycles. The first-order valence-corrected chi connectivity index (χ1v) is 6.24. The first-order valence-electron chi connectivity index (χ1n) is 6.24. The monoisotopic (exact) mass is 218 g/mol. The van der Waals surface area contributed by atoms with E-state index in [-0.39, 0.29) is 6.04 Å². The van der Waals surface area contributed by atoms with Gasteiger partial charge >= 0.3 is 0 Å². The Labute approximate surface area is 98.3 Å². The van der Waals surface area contributed by atoms with E-state index in [9.17, 15) is 0 Å². The van der Waals surface area contributed by atoms with Gasteiger partial charge in [-0.15, -0.1) is 0 Å². The maximum atomic E-state index is 6.36. The lowest BCUT2D eigenvalue weighted by Gasteiger charge is -2.32. The summed E-state index contributed by atoms with van der Waals surface area (Å²) in [5.74, 6) is 0.660. The van der Waals surface area contributed by atoms with E-state index in [0.29, 0.717) is 11.3 Å². The van der Waals surface area contributed by atoms with Crippen molar-refractivity contribution in [2.45, 2.75) is 45.6 Å². The molecule has 1 heterocycles. The van der Waals surface area contributed by atoms with Gasteiger partial charge < -0.3 is 5.73 Å². The largest absolute Gasteiger partial charge is 0.327 e. The van der Waals surface area contributed by atoms with Crippen LogP contribution in [-0.2, 0) is 6.42 Å². The number of nitrogens with zero attached hydrogens (tertiary/aromatic N) is 1. The average molecular weight is 218 g/mol. The van der Waals surface area contributed by atoms with Crippen LogP contribution < -0.4 is 5.73 Å². The highest BCUT2D eigenvalue weighted by Crippen LogP contribution is 2.44. The molecule has 1 saturated carbocycles. The SMILES string of the molecule is CC1(C)CCCC1C(N)Cc1cccnc1. The van der Waals surface area contributed by atoms with E-state index >= 15 is 0 Å². The van der Waals surface area contributed by atoms with Crippen molar-refractivity contribution in [3.63, 3.8) is 0 Å². The molecule has 1 aromatic heterocycles. The van der Waals surface area contributed by atoms with Crippen LogP contribution in [0.4, 0.5) is 0 Å². The Morgan fingerprint density at radius 1 is 1.56 bits per heavy atom. The molecule has 2 nitrogen and oxygen atoms in total. The second kappa shape index (κ2) is 4.54. The number of aromatic nitrogens is 1. The van der Waals surface area contributed by atoms with Gasteiger partial charge in [0.25, 0.3) is 0 Å². The molecule has 0 spiro atoms. The molecule has 2 heteroatoms. The fraction of sp³-hybridized carbons (Fsp3) is 0.643. The van der Waals surface area contributed by atoms with Crippen LogP contribution in [0, 0.1) is 11.3 Å². The van der Waals surface area contributed by atoms with E-state index < -0.39 is 0 Å². The third kappa shape index (κ3) is 2.43. The molecule has 88 valence electrons. The second-order valence-electron chi connectivity index (χ2n) is 5.72. The van der Waals surface area contributed by atoms with Crippen molar-refractivity contribution in [3.8, 4) is 0 Å². The van der Waals surface area contributed by atoms with Gasteiger partial charge in [0.1, 0.15) is 0 Å². The third-order valence-electron chi connectivity index (χ3n) is 4.05. The van der Waals surface area contributed by atoms with Gasteiger partial charge in [-0.05, 0) is 42.2 Å². The summed E-state index contributed by atoms with van der Waals surface area (Å²) in [4.78, 5) is 4.15. The van der Waals surface area contributed by atoms with Gasteiger partial charge in [-0.3, -0.25) is 4.98 Å². The van der Waals surface area contributed by atoms with E-state index in [2.05, 4.69) is 24.9 Å². The number of hydrogen-bond acceptors (Lipinski definition) is 2. The Bertz CT molecular complexity index is 332. The molecule has 0 aliphatic heterocycles. The van der Waals surface area contributed by atoms with E-state index in [1.165, 1.54) is 24.8 Å². The van der Waals surface area contributed by atoms with Gasteiger partial charge in [-0.1, -0.05) is 26.3 Å². The molecule has 16 heavy (non-hydrogen) atoms. The predicted octanol–water partition coefficient (Wildman–Crippen LogP) is 2.78. The molecular weight excluding hydrogens is 196 g/mol. The molecule has 2 atom stereocenters. The van der Waals surface area contributed by atoms with Crippen LogP contribution in [0.3, 0.4) is 0 Å². The Morgan fingerprint density at radius 3 is 2.94 bits per heavy atom. The van der Waals surface area contributed by atoms with Crippen molar-refractivity contribution in [1.82, 2.24) is 4.98 Å². The zero-order chi connectivity index (χ0) is 11.6. The molecular formula is C14H22N2. The van der Waals surface area contributed by atoms with Crippen molar-refractivity contribution < 1.29 is 0 Å². The van der Waals surface area contributed by atoms with E-state index in [1.807, 2.05) is 18.5 Å². The Morgan fingerprint density at radius 2 is 2.38 bits per heavy atom. The maximum Gasteiger partial charge on any atom is 0.0300 e. The summed E-state index contributed by atoms with van der Waals surface area (Å²) in [6.07, 6.45) is 8.64. The molecule has 1 aliphatic carbocycles. The van der Waals surface area contributed by atoms with Crippen LogP contribution in [0.25, 0.3) is 0 Å². The zero-order valence-corrected chi connectivity index (χ0v) is 10.3. The van der Waals surface area contributed by atoms with Gasteiger partial charge in [0.05, 0.1) is 0 Å². The van der Waals surface area contributed by atoms with Crippen molar-refractivity contribution in [2.24, 2.45) is 17.1 Å². The highest BCUT2D eigenvalue weighted by molar-refractivity contribution is 5.11. The standard InChI is InChI=1S/C14H22N2/c1-14(2)7-3-6-12(14)13(15)9-11-5-4-8-16-10-11/h4-5,8,10,12-13H,3,6-7,9,15H2,1-2H3. The number of pyridine rings is 1. The molecule has 2 unspecified atom stereocenters. The Hall–Kier alpha value is -0.890. The zero-order valence-electron chi connectivity index (χ0n) is 10.3. The second-order valence-corrected chi connectivity index (χ2v) is 5.72. The summed E-state index contributed by atoms with van der Waals surface area (Å²) in [6, 6.07) is 4.39. The molecule has 0 amide bonds. The van der Waals surface area contributed by atoms with Crippen LogP contribution >= 0.6 is 0 Å². The molecule has 1 fully saturated rings. The summed E-state index contributed by atoms with van der Waals surface area (Å²) < 4.78 is 0. The maximum absolute atomic E-state index is 6.36. The van der Waals surface area contributed by atoms with Gasteiger partial charge in [-0.25, -0.2) is 0 Å². The summed E-state index contributed by atoms with van der Waals surface area (Å²) in [6.45, 7) is 4.71. The minimum Gasteiger partial charge on any atom is -0.327 e. The predicted molar refractivity (Wildman–Crippen MR) is 67.0 cm³/mol. The van der Waals surface area contributed by atoms with Crippen molar-refractivity contribution in [3.05, 3.63) is 30.1 Å². The van der Waals surface area contributed by atoms with E-state index in [0.717, 1.165) is 6.42 Å². The van der Waals surface area contributed by atoms with Gasteiger partial charge in [0, 0.05) is 18.4 Å². The molecule has 2 N–H and O–H groups in total. The highest BCUT2D eigenvalue weighted by atomic mass is 14.7. The summed E-state index contributed by atoms with van der Waals surface area (Å²) in [7, 11) is 0. The van der Waals surface area contributed by atoms with Gasteiger partial charge in [-0.2, -0.15) is 0 Å². The molecule has 0 radical (unpaired) electrons. The van der Waals surface area contributed by atoms with Crippen LogP contribution in [0.1, 0.15) is 38.7 Å². The molecule has 0 bridgehead atoms. The summed E-state index contributed by atoms with van der Waals surface area (Å²) >= 11 is 0. The highest BCUT2D eigenvalue weighted by Gasteiger charge is 2.37.